The number of carbonyl (C=O) groups excluding carboxylic acids is 1. The summed E-state index contributed by atoms with van der Waals surface area (Å²) >= 11 is 0. The number of hydrogen-bond donors (Lipinski definition) is 1. The van der Waals surface area contributed by atoms with E-state index in [2.05, 4.69) is 12.1 Å². The summed E-state index contributed by atoms with van der Waals surface area (Å²) in [6.45, 7) is 1.95. The van der Waals surface area contributed by atoms with E-state index in [4.69, 9.17) is 4.74 Å². The highest BCUT2D eigenvalue weighted by molar-refractivity contribution is 5.84. The number of aliphatic carboxylic acids is 1. The number of methoxy groups -OCH3 is 1. The first kappa shape index (κ1) is 19.3. The lowest BCUT2D eigenvalue weighted by molar-refractivity contribution is -0.160. The minimum Gasteiger partial charge on any atom is -0.497 e. The van der Waals surface area contributed by atoms with Gasteiger partial charge in [0.1, 0.15) is 5.75 Å². The minimum absolute atomic E-state index is 0.0747. The van der Waals surface area contributed by atoms with Gasteiger partial charge in [-0.15, -0.1) is 0 Å². The molecule has 0 spiro atoms. The first-order valence-corrected chi connectivity index (χ1v) is 10.4. The average molecular weight is 386 g/mol. The second-order valence-corrected chi connectivity index (χ2v) is 9.68. The molecule has 0 aliphatic heterocycles. The van der Waals surface area contributed by atoms with Gasteiger partial charge in [0.2, 0.25) is 5.91 Å². The van der Waals surface area contributed by atoms with Crippen LogP contribution in [0.1, 0.15) is 51.0 Å². The third-order valence-corrected chi connectivity index (χ3v) is 7.53. The summed E-state index contributed by atoms with van der Waals surface area (Å²) in [5.74, 6) is 0.822. The summed E-state index contributed by atoms with van der Waals surface area (Å²) in [5.41, 5.74) is 1.09. The van der Waals surface area contributed by atoms with E-state index in [1.54, 1.807) is 26.0 Å². The molecule has 3 unspecified atom stereocenters. The number of carboxylic acids is 1. The highest BCUT2D eigenvalue weighted by Gasteiger charge is 2.61. The second-order valence-electron chi connectivity index (χ2n) is 9.68. The number of amides is 1. The fourth-order valence-corrected chi connectivity index (χ4v) is 6.77. The predicted octanol–water partition coefficient (Wildman–Crippen LogP) is 3.71. The van der Waals surface area contributed by atoms with Crippen LogP contribution in [-0.2, 0) is 15.0 Å². The van der Waals surface area contributed by atoms with Gasteiger partial charge >= 0.3 is 5.97 Å². The van der Waals surface area contributed by atoms with Crippen molar-refractivity contribution >= 4 is 11.9 Å². The molecule has 1 amide bonds. The largest absolute Gasteiger partial charge is 0.497 e. The summed E-state index contributed by atoms with van der Waals surface area (Å²) < 4.78 is 5.33. The van der Waals surface area contributed by atoms with Gasteiger partial charge in [0.15, 0.2) is 0 Å². The second kappa shape index (κ2) is 6.78. The van der Waals surface area contributed by atoms with Crippen LogP contribution in [0.5, 0.6) is 5.75 Å². The van der Waals surface area contributed by atoms with Crippen LogP contribution in [0, 0.1) is 23.2 Å². The van der Waals surface area contributed by atoms with Gasteiger partial charge in [-0.1, -0.05) is 19.1 Å². The molecule has 5 heteroatoms. The zero-order valence-electron chi connectivity index (χ0n) is 17.1. The molecule has 1 aromatic carbocycles. The Balaban J connectivity index is 1.62. The smallest absolute Gasteiger partial charge is 0.308 e. The van der Waals surface area contributed by atoms with Crippen molar-refractivity contribution in [2.45, 2.75) is 50.9 Å². The van der Waals surface area contributed by atoms with Crippen molar-refractivity contribution in [3.8, 4) is 5.75 Å². The van der Waals surface area contributed by atoms with Crippen LogP contribution < -0.4 is 4.74 Å². The lowest BCUT2D eigenvalue weighted by atomic mass is 9.42. The molecule has 1 aromatic rings. The number of carboxylic acid groups (broad SMARTS) is 1. The number of rotatable bonds is 6. The third kappa shape index (κ3) is 3.09. The quantitative estimate of drug-likeness (QED) is 0.811. The molecule has 5 nitrogen and oxygen atoms in total. The zero-order valence-corrected chi connectivity index (χ0v) is 17.1. The molecule has 152 valence electrons. The van der Waals surface area contributed by atoms with Crippen LogP contribution in [0.25, 0.3) is 0 Å². The number of carbonyl (C=O) groups is 2. The fraction of sp³-hybridized carbons (Fsp3) is 0.652. The number of nitrogens with zero attached hydrogens (tertiary/aromatic N) is 1. The van der Waals surface area contributed by atoms with E-state index in [-0.39, 0.29) is 23.3 Å². The predicted molar refractivity (Wildman–Crippen MR) is 106 cm³/mol. The van der Waals surface area contributed by atoms with Gasteiger partial charge in [-0.05, 0) is 73.5 Å². The Hall–Kier alpha value is -2.04. The number of hydrogen-bond acceptors (Lipinski definition) is 3. The van der Waals surface area contributed by atoms with Gasteiger partial charge in [0, 0.05) is 13.6 Å². The molecule has 4 saturated carbocycles. The Bertz CT molecular complexity index is 757. The molecule has 4 aliphatic rings. The molecule has 0 heterocycles. The Morgan fingerprint density at radius 1 is 1.18 bits per heavy atom. The molecule has 0 saturated heterocycles. The van der Waals surface area contributed by atoms with E-state index in [1.807, 2.05) is 12.1 Å². The lowest BCUT2D eigenvalue weighted by Crippen LogP contribution is -2.59. The number of benzene rings is 1. The van der Waals surface area contributed by atoms with Crippen LogP contribution in [0.15, 0.2) is 24.3 Å². The first-order chi connectivity index (χ1) is 13.3. The Labute approximate surface area is 167 Å². The fourth-order valence-electron chi connectivity index (χ4n) is 6.77. The zero-order chi connectivity index (χ0) is 20.1. The van der Waals surface area contributed by atoms with E-state index >= 15 is 0 Å². The van der Waals surface area contributed by atoms with Gasteiger partial charge in [-0.2, -0.15) is 0 Å². The highest BCUT2D eigenvalue weighted by Crippen LogP contribution is 2.66. The molecule has 4 fully saturated rings. The molecule has 4 aliphatic carbocycles. The van der Waals surface area contributed by atoms with E-state index < -0.39 is 11.9 Å². The van der Waals surface area contributed by atoms with Crippen LogP contribution >= 0.6 is 0 Å². The monoisotopic (exact) mass is 385 g/mol. The van der Waals surface area contributed by atoms with Crippen molar-refractivity contribution in [1.82, 2.24) is 4.90 Å². The van der Waals surface area contributed by atoms with Gasteiger partial charge in [0.25, 0.3) is 0 Å². The summed E-state index contributed by atoms with van der Waals surface area (Å²) in [7, 11) is 3.46. The highest BCUT2D eigenvalue weighted by atomic mass is 16.5. The van der Waals surface area contributed by atoms with Crippen molar-refractivity contribution in [3.63, 3.8) is 0 Å². The van der Waals surface area contributed by atoms with Crippen molar-refractivity contribution in [3.05, 3.63) is 29.8 Å². The summed E-state index contributed by atoms with van der Waals surface area (Å²) in [6, 6.07) is 8.42. The standard InChI is InChI=1S/C23H31NO4/c1-15(20(25)26)13-24(2)21(27)23-11-16-8-17(12-23)10-22(9-16,14-23)18-4-6-19(28-3)7-5-18/h4-7,15-17H,8-14H2,1-3H3,(H,25,26). The van der Waals surface area contributed by atoms with Gasteiger partial charge in [-0.25, -0.2) is 0 Å². The maximum absolute atomic E-state index is 13.5. The van der Waals surface area contributed by atoms with E-state index in [0.717, 1.165) is 25.0 Å². The molecule has 4 bridgehead atoms. The normalized spacial score (nSPS) is 34.1. The van der Waals surface area contributed by atoms with Crippen LogP contribution in [0.4, 0.5) is 0 Å². The van der Waals surface area contributed by atoms with Crippen molar-refractivity contribution in [2.24, 2.45) is 23.2 Å². The molecule has 0 radical (unpaired) electrons. The Morgan fingerprint density at radius 3 is 2.32 bits per heavy atom. The van der Waals surface area contributed by atoms with Crippen molar-refractivity contribution in [1.29, 1.82) is 0 Å². The maximum Gasteiger partial charge on any atom is 0.308 e. The van der Waals surface area contributed by atoms with E-state index in [0.29, 0.717) is 11.8 Å². The van der Waals surface area contributed by atoms with Crippen molar-refractivity contribution in [2.75, 3.05) is 20.7 Å². The molecule has 28 heavy (non-hydrogen) atoms. The minimum atomic E-state index is -0.847. The maximum atomic E-state index is 13.5. The molecule has 5 rings (SSSR count). The molecular formula is C23H31NO4. The van der Waals surface area contributed by atoms with Gasteiger partial charge in [0.05, 0.1) is 18.4 Å². The Morgan fingerprint density at radius 2 is 1.79 bits per heavy atom. The average Bonchev–Trinajstić information content (AvgIpc) is 2.66. The summed E-state index contributed by atoms with van der Waals surface area (Å²) in [6.07, 6.45) is 6.39. The lowest BCUT2D eigenvalue weighted by Gasteiger charge is -2.62. The third-order valence-electron chi connectivity index (χ3n) is 7.53. The van der Waals surface area contributed by atoms with Gasteiger partial charge < -0.3 is 14.7 Å². The molecule has 0 aromatic heterocycles. The molecular weight excluding hydrogens is 354 g/mol. The summed E-state index contributed by atoms with van der Waals surface area (Å²) in [4.78, 5) is 26.5. The Kier molecular flexibility index (Phi) is 4.67. The van der Waals surface area contributed by atoms with Crippen LogP contribution in [0.2, 0.25) is 0 Å². The summed E-state index contributed by atoms with van der Waals surface area (Å²) in [5, 5.41) is 9.23. The molecule has 3 atom stereocenters. The first-order valence-electron chi connectivity index (χ1n) is 10.4. The topological polar surface area (TPSA) is 66.8 Å². The van der Waals surface area contributed by atoms with Crippen LogP contribution in [0.3, 0.4) is 0 Å². The SMILES string of the molecule is COc1ccc(C23CC4CC(CC(C(=O)N(C)CC(C)C(=O)O)(C4)C2)C3)cc1. The number of ether oxygens (including phenoxy) is 1. The van der Waals surface area contributed by atoms with Crippen LogP contribution in [-0.4, -0.2) is 42.6 Å². The molecule has 1 N–H and O–H groups in total. The van der Waals surface area contributed by atoms with Crippen molar-refractivity contribution < 1.29 is 19.4 Å². The van der Waals surface area contributed by atoms with E-state index in [9.17, 15) is 14.7 Å². The van der Waals surface area contributed by atoms with Gasteiger partial charge in [-0.3, -0.25) is 9.59 Å². The van der Waals surface area contributed by atoms with E-state index in [1.165, 1.54) is 24.8 Å².